The van der Waals surface area contributed by atoms with E-state index in [1.165, 1.54) is 48.5 Å². The molecule has 5 nitrogen and oxygen atoms in total. The minimum atomic E-state index is -0.347. The van der Waals surface area contributed by atoms with Crippen LogP contribution in [0.5, 0.6) is 0 Å². The van der Waals surface area contributed by atoms with Gasteiger partial charge in [0, 0.05) is 24.5 Å². The Labute approximate surface area is 220 Å². The molecule has 0 heterocycles. The first-order chi connectivity index (χ1) is 17.8. The summed E-state index contributed by atoms with van der Waals surface area (Å²) in [6.45, 7) is 10.5. The molecule has 0 bridgehead atoms. The summed E-state index contributed by atoms with van der Waals surface area (Å²) < 4.78 is 5.79. The molecule has 1 fully saturated rings. The number of esters is 1. The highest BCUT2D eigenvalue weighted by atomic mass is 16.6. The quantitative estimate of drug-likeness (QED) is 0.102. The minimum absolute atomic E-state index is 0.0976. The number of fused-ring (bicyclic) bond motifs is 1. The van der Waals surface area contributed by atoms with Crippen LogP contribution in [0.3, 0.4) is 0 Å². The van der Waals surface area contributed by atoms with Crippen molar-refractivity contribution in [1.29, 1.82) is 0 Å². The molecule has 2 aromatic carbocycles. The summed E-state index contributed by atoms with van der Waals surface area (Å²) in [6, 6.07) is 15.5. The molecular formula is C32H39NO4. The van der Waals surface area contributed by atoms with E-state index in [-0.39, 0.29) is 28.1 Å². The lowest BCUT2D eigenvalue weighted by Gasteiger charge is -2.36. The molecule has 0 radical (unpaired) electrons. The van der Waals surface area contributed by atoms with E-state index in [9.17, 15) is 14.9 Å². The van der Waals surface area contributed by atoms with Crippen molar-refractivity contribution in [3.8, 4) is 0 Å². The third-order valence-corrected chi connectivity index (χ3v) is 8.41. The summed E-state index contributed by atoms with van der Waals surface area (Å²) in [5, 5.41) is 11.4. The van der Waals surface area contributed by atoms with E-state index >= 15 is 0 Å². The Morgan fingerprint density at radius 1 is 1.14 bits per heavy atom. The van der Waals surface area contributed by atoms with Gasteiger partial charge in [0.05, 0.1) is 4.92 Å². The van der Waals surface area contributed by atoms with Crippen molar-refractivity contribution in [1.82, 2.24) is 0 Å². The second-order valence-electron chi connectivity index (χ2n) is 10.8. The van der Waals surface area contributed by atoms with Gasteiger partial charge in [-0.2, -0.15) is 0 Å². The maximum Gasteiger partial charge on any atom is 0.302 e. The van der Waals surface area contributed by atoms with Crippen LogP contribution in [-0.4, -0.2) is 17.0 Å². The maximum absolute atomic E-state index is 11.9. The van der Waals surface area contributed by atoms with E-state index < -0.39 is 0 Å². The fourth-order valence-electron chi connectivity index (χ4n) is 6.74. The zero-order chi connectivity index (χ0) is 26.6. The standard InChI is InChI=1S/C32H39NO4/c1-5-6-7-8-13-27-19-28-20-30(37-24(4)34)21-32(28,23(3)18-26-12-10-9-11-22(26)2)31(27)25-14-16-29(17-15-25)33(35)36/h9-12,14-17,28,30H,3,5-8,13,18-21H2,1-2,4H3/t28-,30-,32-/m0/s1. The van der Waals surface area contributed by atoms with E-state index in [2.05, 4.69) is 38.1 Å². The lowest BCUT2D eigenvalue weighted by Crippen LogP contribution is -2.28. The molecule has 4 rings (SSSR count). The second kappa shape index (κ2) is 11.5. The van der Waals surface area contributed by atoms with Gasteiger partial charge < -0.3 is 4.74 Å². The second-order valence-corrected chi connectivity index (χ2v) is 10.8. The van der Waals surface area contributed by atoms with Gasteiger partial charge in [0.1, 0.15) is 6.10 Å². The predicted molar refractivity (Wildman–Crippen MR) is 148 cm³/mol. The molecular weight excluding hydrogens is 462 g/mol. The fourth-order valence-corrected chi connectivity index (χ4v) is 6.74. The molecule has 0 unspecified atom stereocenters. The van der Waals surface area contributed by atoms with Gasteiger partial charge in [0.2, 0.25) is 0 Å². The third kappa shape index (κ3) is 5.56. The smallest absolute Gasteiger partial charge is 0.302 e. The number of nitrogens with zero attached hydrogens (tertiary/aromatic N) is 1. The SMILES string of the molecule is C=C(Cc1ccccc1C)[C@@]12C[C@@H](OC(C)=O)C[C@@H]1CC(CCCCCC)=C2c1ccc([N+](=O)[O-])cc1. The highest BCUT2D eigenvalue weighted by Crippen LogP contribution is 2.65. The van der Waals surface area contributed by atoms with E-state index in [0.29, 0.717) is 12.3 Å². The van der Waals surface area contributed by atoms with E-state index in [0.717, 1.165) is 43.2 Å². The lowest BCUT2D eigenvalue weighted by molar-refractivity contribution is -0.384. The molecule has 3 atom stereocenters. The van der Waals surface area contributed by atoms with Gasteiger partial charge >= 0.3 is 5.97 Å². The van der Waals surface area contributed by atoms with Gasteiger partial charge in [0.25, 0.3) is 5.69 Å². The average Bonchev–Trinajstić information content (AvgIpc) is 3.35. The Kier molecular flexibility index (Phi) is 8.31. The van der Waals surface area contributed by atoms with Gasteiger partial charge in [0.15, 0.2) is 0 Å². The number of ether oxygens (including phenoxy) is 1. The van der Waals surface area contributed by atoms with Crippen LogP contribution >= 0.6 is 0 Å². The highest BCUT2D eigenvalue weighted by Gasteiger charge is 2.56. The number of nitro groups is 1. The van der Waals surface area contributed by atoms with E-state index in [1.54, 1.807) is 12.1 Å². The summed E-state index contributed by atoms with van der Waals surface area (Å²) in [7, 11) is 0. The predicted octanol–water partition coefficient (Wildman–Crippen LogP) is 8.16. The zero-order valence-corrected chi connectivity index (χ0v) is 22.4. The molecule has 2 aliphatic rings. The van der Waals surface area contributed by atoms with Crippen LogP contribution in [0.4, 0.5) is 5.69 Å². The number of hydrogen-bond donors (Lipinski definition) is 0. The van der Waals surface area contributed by atoms with Gasteiger partial charge in [-0.05, 0) is 85.8 Å². The molecule has 0 amide bonds. The molecule has 2 aromatic rings. The summed E-state index contributed by atoms with van der Waals surface area (Å²) >= 11 is 0. The van der Waals surface area contributed by atoms with Crippen LogP contribution in [0.2, 0.25) is 0 Å². The first-order valence-electron chi connectivity index (χ1n) is 13.6. The monoisotopic (exact) mass is 501 g/mol. The van der Waals surface area contributed by atoms with Crippen LogP contribution in [0.25, 0.3) is 5.57 Å². The number of aryl methyl sites for hydroxylation is 1. The summed E-state index contributed by atoms with van der Waals surface area (Å²) in [5.74, 6) is 0.0602. The highest BCUT2D eigenvalue weighted by molar-refractivity contribution is 5.80. The fraction of sp³-hybridized carbons (Fsp3) is 0.469. The Balaban J connectivity index is 1.80. The van der Waals surface area contributed by atoms with Crippen LogP contribution in [0.1, 0.15) is 81.9 Å². The normalized spacial score (nSPS) is 22.7. The number of hydrogen-bond acceptors (Lipinski definition) is 4. The molecule has 37 heavy (non-hydrogen) atoms. The van der Waals surface area contributed by atoms with Crippen molar-refractivity contribution in [3.05, 3.63) is 93.1 Å². The van der Waals surface area contributed by atoms with Crippen LogP contribution in [0, 0.1) is 28.4 Å². The molecule has 0 aliphatic heterocycles. The Morgan fingerprint density at radius 3 is 2.51 bits per heavy atom. The van der Waals surface area contributed by atoms with Gasteiger partial charge in [-0.15, -0.1) is 0 Å². The summed E-state index contributed by atoms with van der Waals surface area (Å²) in [5.41, 5.74) is 7.19. The van der Waals surface area contributed by atoms with Crippen molar-refractivity contribution in [2.45, 2.75) is 84.7 Å². The summed E-state index contributed by atoms with van der Waals surface area (Å²) in [6.07, 6.45) is 8.89. The first-order valence-corrected chi connectivity index (χ1v) is 13.6. The molecule has 2 aliphatic carbocycles. The summed E-state index contributed by atoms with van der Waals surface area (Å²) in [4.78, 5) is 22.9. The van der Waals surface area contributed by atoms with Gasteiger partial charge in [-0.1, -0.05) is 68.2 Å². The first kappa shape index (κ1) is 26.8. The number of non-ortho nitro benzene ring substituents is 1. The minimum Gasteiger partial charge on any atom is -0.463 e. The van der Waals surface area contributed by atoms with Crippen LogP contribution < -0.4 is 0 Å². The Bertz CT molecular complexity index is 1200. The number of unbranched alkanes of at least 4 members (excludes halogenated alkanes) is 3. The van der Waals surface area contributed by atoms with Crippen LogP contribution in [-0.2, 0) is 16.0 Å². The Morgan fingerprint density at radius 2 is 1.86 bits per heavy atom. The molecule has 0 aromatic heterocycles. The number of carbonyl (C=O) groups is 1. The number of carbonyl (C=O) groups excluding carboxylic acids is 1. The molecule has 196 valence electrons. The van der Waals surface area contributed by atoms with Crippen LogP contribution in [0.15, 0.2) is 66.3 Å². The molecule has 0 N–H and O–H groups in total. The molecule has 0 saturated heterocycles. The average molecular weight is 502 g/mol. The van der Waals surface area contributed by atoms with Crippen molar-refractivity contribution < 1.29 is 14.5 Å². The van der Waals surface area contributed by atoms with Crippen molar-refractivity contribution >= 4 is 17.2 Å². The van der Waals surface area contributed by atoms with Crippen molar-refractivity contribution in [2.75, 3.05) is 0 Å². The third-order valence-electron chi connectivity index (χ3n) is 8.41. The number of allylic oxidation sites excluding steroid dienone is 3. The Hall–Kier alpha value is -3.21. The van der Waals surface area contributed by atoms with E-state index in [1.807, 2.05) is 12.1 Å². The number of rotatable bonds is 11. The topological polar surface area (TPSA) is 69.4 Å². The van der Waals surface area contributed by atoms with Crippen molar-refractivity contribution in [2.24, 2.45) is 11.3 Å². The lowest BCUT2D eigenvalue weighted by atomic mass is 9.67. The molecule has 0 spiro atoms. The zero-order valence-electron chi connectivity index (χ0n) is 22.4. The number of nitro benzene ring substituents is 1. The van der Waals surface area contributed by atoms with Gasteiger partial charge in [-0.3, -0.25) is 14.9 Å². The maximum atomic E-state index is 11.9. The largest absolute Gasteiger partial charge is 0.463 e. The molecule has 5 heteroatoms. The van der Waals surface area contributed by atoms with Crippen molar-refractivity contribution in [3.63, 3.8) is 0 Å². The van der Waals surface area contributed by atoms with E-state index in [4.69, 9.17) is 11.3 Å². The molecule has 1 saturated carbocycles. The van der Waals surface area contributed by atoms with Gasteiger partial charge in [-0.25, -0.2) is 0 Å². The number of benzene rings is 2.